The van der Waals surface area contributed by atoms with Gasteiger partial charge in [-0.1, -0.05) is 35.4 Å². The Balaban J connectivity index is 2.10. The molecule has 2 atom stereocenters. The zero-order chi connectivity index (χ0) is 6.48. The Hall–Kier alpha value is 0.700. The van der Waals surface area contributed by atoms with Crippen LogP contribution in [0.1, 0.15) is 20.3 Å². The van der Waals surface area contributed by atoms with Gasteiger partial charge in [0.15, 0.2) is 0 Å². The highest BCUT2D eigenvalue weighted by molar-refractivity contribution is 8.77. The first-order valence-electron chi connectivity index (χ1n) is 3.56. The van der Waals surface area contributed by atoms with Gasteiger partial charge in [0.2, 0.25) is 0 Å². The summed E-state index contributed by atoms with van der Waals surface area (Å²) in [5.74, 6) is 3.40. The Morgan fingerprint density at radius 1 is 1.56 bits per heavy atom. The Kier molecular flexibility index (Phi) is 1.32. The molecule has 2 rings (SSSR count). The van der Waals surface area contributed by atoms with Gasteiger partial charge >= 0.3 is 0 Å². The molecule has 2 unspecified atom stereocenters. The van der Waals surface area contributed by atoms with Gasteiger partial charge in [-0.05, 0) is 18.3 Å². The van der Waals surface area contributed by atoms with E-state index in [2.05, 4.69) is 35.4 Å². The summed E-state index contributed by atoms with van der Waals surface area (Å²) in [7, 11) is 4.22. The quantitative estimate of drug-likeness (QED) is 0.541. The maximum atomic E-state index is 2.36. The minimum Gasteiger partial charge on any atom is -0.0932 e. The maximum absolute atomic E-state index is 2.36. The van der Waals surface area contributed by atoms with Crippen LogP contribution in [-0.4, -0.2) is 10.5 Å². The second-order valence-corrected chi connectivity index (χ2v) is 6.08. The van der Waals surface area contributed by atoms with Gasteiger partial charge in [0.25, 0.3) is 0 Å². The molecule has 0 amide bonds. The maximum Gasteiger partial charge on any atom is 0.0326 e. The molecule has 1 aliphatic carbocycles. The van der Waals surface area contributed by atoms with Gasteiger partial charge in [0, 0.05) is 10.5 Å². The van der Waals surface area contributed by atoms with Crippen molar-refractivity contribution in [2.45, 2.75) is 25.0 Å². The van der Waals surface area contributed by atoms with Crippen molar-refractivity contribution in [1.29, 1.82) is 0 Å². The predicted molar refractivity (Wildman–Crippen MR) is 45.7 cm³/mol. The first-order chi connectivity index (χ1) is 4.26. The fourth-order valence-corrected chi connectivity index (χ4v) is 5.86. The lowest BCUT2D eigenvalue weighted by molar-refractivity contribution is 0.579. The lowest BCUT2D eigenvalue weighted by atomic mass is 10.1. The summed E-state index contributed by atoms with van der Waals surface area (Å²) >= 11 is 0. The van der Waals surface area contributed by atoms with Crippen LogP contribution in [0, 0.1) is 11.8 Å². The van der Waals surface area contributed by atoms with E-state index >= 15 is 0 Å². The highest BCUT2D eigenvalue weighted by Gasteiger charge is 2.60. The fraction of sp³-hybridized carbons (Fsp3) is 1.00. The zero-order valence-corrected chi connectivity index (χ0v) is 7.52. The van der Waals surface area contributed by atoms with Gasteiger partial charge in [0.05, 0.1) is 0 Å². The molecule has 0 aromatic carbocycles. The topological polar surface area (TPSA) is 0 Å². The molecule has 9 heavy (non-hydrogen) atoms. The Morgan fingerprint density at radius 2 is 2.33 bits per heavy atom. The summed E-state index contributed by atoms with van der Waals surface area (Å²) in [5, 5.41) is 0. The third-order valence-corrected chi connectivity index (χ3v) is 6.19. The lowest BCUT2D eigenvalue weighted by Crippen LogP contribution is -2.11. The average molecular weight is 160 g/mol. The van der Waals surface area contributed by atoms with Gasteiger partial charge in [-0.25, -0.2) is 0 Å². The summed E-state index contributed by atoms with van der Waals surface area (Å²) < 4.78 is 0.741. The molecule has 0 N–H and O–H groups in total. The summed E-state index contributed by atoms with van der Waals surface area (Å²) in [6.07, 6.45) is 1.50. The summed E-state index contributed by atoms with van der Waals surface area (Å²) in [6.45, 7) is 4.72. The highest BCUT2D eigenvalue weighted by atomic mass is 33.1. The first-order valence-corrected chi connectivity index (χ1v) is 5.88. The molecule has 0 radical (unpaired) electrons. The average Bonchev–Trinajstić information content (AvgIpc) is 2.38. The van der Waals surface area contributed by atoms with Crippen LogP contribution >= 0.6 is 21.6 Å². The zero-order valence-electron chi connectivity index (χ0n) is 5.89. The van der Waals surface area contributed by atoms with E-state index in [4.69, 9.17) is 0 Å². The van der Waals surface area contributed by atoms with Crippen LogP contribution in [0.2, 0.25) is 0 Å². The number of rotatable bonds is 1. The van der Waals surface area contributed by atoms with Crippen molar-refractivity contribution in [1.82, 2.24) is 0 Å². The van der Waals surface area contributed by atoms with E-state index in [-0.39, 0.29) is 0 Å². The minimum absolute atomic E-state index is 0.741. The Morgan fingerprint density at radius 3 is 2.56 bits per heavy atom. The van der Waals surface area contributed by atoms with E-state index in [1.807, 2.05) is 0 Å². The van der Waals surface area contributed by atoms with Gasteiger partial charge in [-0.3, -0.25) is 0 Å². The first kappa shape index (κ1) is 6.41. The second kappa shape index (κ2) is 1.85. The van der Waals surface area contributed by atoms with Gasteiger partial charge in [-0.2, -0.15) is 0 Å². The highest BCUT2D eigenvalue weighted by Crippen LogP contribution is 2.69. The SMILES string of the molecule is CC(C)C12CC1CSS2. The third kappa shape index (κ3) is 0.758. The van der Waals surface area contributed by atoms with Crippen LogP contribution in [0.5, 0.6) is 0 Å². The van der Waals surface area contributed by atoms with Gasteiger partial charge in [0.1, 0.15) is 0 Å². The molecular weight excluding hydrogens is 148 g/mol. The van der Waals surface area contributed by atoms with Crippen LogP contribution in [0.25, 0.3) is 0 Å². The van der Waals surface area contributed by atoms with Crippen LogP contribution in [0.15, 0.2) is 0 Å². The Labute approximate surface area is 64.6 Å². The fourth-order valence-electron chi connectivity index (χ4n) is 1.66. The molecular formula is C7H12S2. The van der Waals surface area contributed by atoms with Crippen molar-refractivity contribution < 1.29 is 0 Å². The van der Waals surface area contributed by atoms with Crippen molar-refractivity contribution in [2.75, 3.05) is 5.75 Å². The number of fused-ring (bicyclic) bond motifs is 1. The van der Waals surface area contributed by atoms with E-state index in [0.717, 1.165) is 16.6 Å². The molecule has 1 saturated heterocycles. The largest absolute Gasteiger partial charge is 0.0932 e. The molecule has 0 aromatic rings. The van der Waals surface area contributed by atoms with Gasteiger partial charge < -0.3 is 0 Å². The van der Waals surface area contributed by atoms with E-state index in [9.17, 15) is 0 Å². The van der Waals surface area contributed by atoms with Crippen molar-refractivity contribution in [3.8, 4) is 0 Å². The molecule has 2 heteroatoms. The van der Waals surface area contributed by atoms with E-state index in [1.165, 1.54) is 12.2 Å². The molecule has 1 saturated carbocycles. The monoisotopic (exact) mass is 160 g/mol. The predicted octanol–water partition coefficient (Wildman–Crippen LogP) is 2.80. The third-order valence-electron chi connectivity index (χ3n) is 2.56. The van der Waals surface area contributed by atoms with Crippen LogP contribution in [0.3, 0.4) is 0 Å². The summed E-state index contributed by atoms with van der Waals surface area (Å²) in [6, 6.07) is 0. The number of hydrogen-bond acceptors (Lipinski definition) is 2. The van der Waals surface area contributed by atoms with Crippen molar-refractivity contribution in [3.05, 3.63) is 0 Å². The minimum atomic E-state index is 0.741. The van der Waals surface area contributed by atoms with Crippen LogP contribution < -0.4 is 0 Å². The summed E-state index contributed by atoms with van der Waals surface area (Å²) in [5.41, 5.74) is 0. The molecule has 0 bridgehead atoms. The normalized spacial score (nSPS) is 47.7. The van der Waals surface area contributed by atoms with Crippen molar-refractivity contribution in [2.24, 2.45) is 11.8 Å². The molecule has 2 aliphatic rings. The Bertz CT molecular complexity index is 129. The molecule has 0 nitrogen and oxygen atoms in total. The molecule has 52 valence electrons. The van der Waals surface area contributed by atoms with E-state index < -0.39 is 0 Å². The molecule has 1 heterocycles. The summed E-state index contributed by atoms with van der Waals surface area (Å²) in [4.78, 5) is 0. The number of hydrogen-bond donors (Lipinski definition) is 0. The molecule has 0 aromatic heterocycles. The van der Waals surface area contributed by atoms with Crippen molar-refractivity contribution >= 4 is 21.6 Å². The molecule has 2 fully saturated rings. The van der Waals surface area contributed by atoms with Gasteiger partial charge in [-0.15, -0.1) is 0 Å². The van der Waals surface area contributed by atoms with Crippen molar-refractivity contribution in [3.63, 3.8) is 0 Å². The van der Waals surface area contributed by atoms with E-state index in [0.29, 0.717) is 0 Å². The van der Waals surface area contributed by atoms with Crippen LogP contribution in [-0.2, 0) is 0 Å². The second-order valence-electron chi connectivity index (χ2n) is 3.38. The van der Waals surface area contributed by atoms with Crippen LogP contribution in [0.4, 0.5) is 0 Å². The van der Waals surface area contributed by atoms with E-state index in [1.54, 1.807) is 0 Å². The molecule has 0 spiro atoms. The smallest absolute Gasteiger partial charge is 0.0326 e. The lowest BCUT2D eigenvalue weighted by Gasteiger charge is -2.13. The molecule has 1 aliphatic heterocycles. The standard InChI is InChI=1S/C7H12S2/c1-5(2)7-3-6(7)4-8-9-7/h5-6H,3-4H2,1-2H3.